The second-order valence-electron chi connectivity index (χ2n) is 7.32. The fourth-order valence-electron chi connectivity index (χ4n) is 3.82. The van der Waals surface area contributed by atoms with Crippen LogP contribution in [0.4, 0.5) is 4.39 Å². The van der Waals surface area contributed by atoms with Crippen LogP contribution in [0.2, 0.25) is 0 Å². The number of benzene rings is 3. The predicted octanol–water partition coefficient (Wildman–Crippen LogP) is 4.11. The lowest BCUT2D eigenvalue weighted by Gasteiger charge is -2.26. The van der Waals surface area contributed by atoms with Gasteiger partial charge in [0.05, 0.1) is 14.2 Å². The fourth-order valence-corrected chi connectivity index (χ4v) is 3.82. The molecular weight excluding hydrogens is 427 g/mol. The number of rotatable bonds is 5. The summed E-state index contributed by atoms with van der Waals surface area (Å²) in [6, 6.07) is 18.2. The summed E-state index contributed by atoms with van der Waals surface area (Å²) in [6.45, 7) is 1.94. The Morgan fingerprint density at radius 1 is 1.09 bits per heavy atom. The lowest BCUT2D eigenvalue weighted by Crippen LogP contribution is -2.27. The molecule has 1 unspecified atom stereocenters. The number of carboxylic acid groups (broad SMARTS) is 1. The van der Waals surface area contributed by atoms with E-state index < -0.39 is 5.54 Å². The molecule has 0 spiro atoms. The van der Waals surface area contributed by atoms with Crippen molar-refractivity contribution in [1.82, 2.24) is 0 Å². The number of nitrogens with zero attached hydrogens (tertiary/aromatic N) is 1. The van der Waals surface area contributed by atoms with E-state index in [0.717, 1.165) is 22.4 Å². The third kappa shape index (κ3) is 4.74. The van der Waals surface area contributed by atoms with Crippen LogP contribution in [0.1, 0.15) is 16.7 Å². The zero-order valence-electron chi connectivity index (χ0n) is 18.5. The first-order valence-electron chi connectivity index (χ1n) is 10.0. The van der Waals surface area contributed by atoms with Crippen LogP contribution in [0.25, 0.3) is 11.1 Å². The van der Waals surface area contributed by atoms with Gasteiger partial charge >= 0.3 is 0 Å². The molecule has 7 nitrogen and oxygen atoms in total. The average Bonchev–Trinajstić information content (AvgIpc) is 3.22. The summed E-state index contributed by atoms with van der Waals surface area (Å²) < 4.78 is 31.0. The van der Waals surface area contributed by atoms with Crippen LogP contribution < -0.4 is 15.2 Å². The Balaban J connectivity index is 0.000000968. The second kappa shape index (κ2) is 10.0. The number of nitrogens with two attached hydrogens (primary N) is 1. The summed E-state index contributed by atoms with van der Waals surface area (Å²) in [4.78, 5) is 13.0. The van der Waals surface area contributed by atoms with Crippen molar-refractivity contribution >= 4 is 12.5 Å². The molecule has 0 saturated heterocycles. The standard InChI is InChI=1S/C24H23FN2O3.CH2O2/c1-15-11-17(8-10-22(15)29-3)24(14-30-23(26)27-24)18-7-9-21(25)20(13-18)16-5-4-6-19(12-16)28-2;2-1-3/h4-13H,14H2,1-3H3,(H2,26,27);1H,(H,2,3). The van der Waals surface area contributed by atoms with E-state index >= 15 is 0 Å². The van der Waals surface area contributed by atoms with E-state index in [-0.39, 0.29) is 24.9 Å². The van der Waals surface area contributed by atoms with Crippen LogP contribution in [0.5, 0.6) is 11.5 Å². The van der Waals surface area contributed by atoms with E-state index in [1.54, 1.807) is 32.4 Å². The molecule has 1 aliphatic heterocycles. The lowest BCUT2D eigenvalue weighted by atomic mass is 9.82. The van der Waals surface area contributed by atoms with E-state index in [4.69, 9.17) is 29.8 Å². The number of halogens is 1. The van der Waals surface area contributed by atoms with Gasteiger partial charge in [-0.15, -0.1) is 0 Å². The Morgan fingerprint density at radius 3 is 2.39 bits per heavy atom. The minimum absolute atomic E-state index is 0.107. The zero-order chi connectivity index (χ0) is 24.0. The van der Waals surface area contributed by atoms with Gasteiger partial charge in [-0.3, -0.25) is 4.79 Å². The number of hydrogen-bond donors (Lipinski definition) is 2. The van der Waals surface area contributed by atoms with Gasteiger partial charge < -0.3 is 25.1 Å². The number of hydrogen-bond acceptors (Lipinski definition) is 6. The van der Waals surface area contributed by atoms with E-state index in [1.807, 2.05) is 43.3 Å². The SMILES string of the molecule is COc1cccc(-c2cc(C3(c4ccc(OC)c(C)c4)COC(N)=N3)ccc2F)c1.O=CO. The summed E-state index contributed by atoms with van der Waals surface area (Å²) in [7, 11) is 3.22. The molecule has 3 aromatic carbocycles. The van der Waals surface area contributed by atoms with E-state index in [0.29, 0.717) is 16.9 Å². The first-order valence-corrected chi connectivity index (χ1v) is 10.0. The van der Waals surface area contributed by atoms with Crippen LogP contribution in [-0.4, -0.2) is 38.4 Å². The number of ether oxygens (including phenoxy) is 3. The molecule has 0 saturated carbocycles. The maximum Gasteiger partial charge on any atom is 0.290 e. The highest BCUT2D eigenvalue weighted by molar-refractivity contribution is 5.76. The molecule has 8 heteroatoms. The minimum atomic E-state index is -0.873. The molecule has 1 heterocycles. The van der Waals surface area contributed by atoms with Crippen molar-refractivity contribution in [3.05, 3.63) is 83.2 Å². The first kappa shape index (κ1) is 23.6. The molecule has 3 N–H and O–H groups in total. The minimum Gasteiger partial charge on any atom is -0.497 e. The Bertz CT molecular complexity index is 1180. The molecule has 4 rings (SSSR count). The molecule has 0 bridgehead atoms. The highest BCUT2D eigenvalue weighted by atomic mass is 19.1. The van der Waals surface area contributed by atoms with Gasteiger partial charge in [-0.05, 0) is 65.6 Å². The van der Waals surface area contributed by atoms with Gasteiger partial charge in [-0.1, -0.05) is 24.3 Å². The van der Waals surface area contributed by atoms with Crippen molar-refractivity contribution in [3.63, 3.8) is 0 Å². The Kier molecular flexibility index (Phi) is 7.17. The van der Waals surface area contributed by atoms with Crippen molar-refractivity contribution in [2.45, 2.75) is 12.5 Å². The highest BCUT2D eigenvalue weighted by Gasteiger charge is 2.40. The van der Waals surface area contributed by atoms with Crippen LogP contribution >= 0.6 is 0 Å². The number of aliphatic imine (C=N–C) groups is 1. The van der Waals surface area contributed by atoms with Gasteiger partial charge in [0.1, 0.15) is 23.9 Å². The number of methoxy groups -OCH3 is 2. The topological polar surface area (TPSA) is 103 Å². The third-order valence-electron chi connectivity index (χ3n) is 5.43. The normalized spacial score (nSPS) is 16.7. The molecule has 172 valence electrons. The zero-order valence-corrected chi connectivity index (χ0v) is 18.5. The van der Waals surface area contributed by atoms with Crippen molar-refractivity contribution in [2.24, 2.45) is 10.7 Å². The summed E-state index contributed by atoms with van der Waals surface area (Å²) in [6.07, 6.45) is 0. The monoisotopic (exact) mass is 452 g/mol. The maximum atomic E-state index is 14.8. The van der Waals surface area contributed by atoms with Crippen LogP contribution in [0.3, 0.4) is 0 Å². The average molecular weight is 452 g/mol. The smallest absolute Gasteiger partial charge is 0.290 e. The summed E-state index contributed by atoms with van der Waals surface area (Å²) in [5.41, 5.74) is 8.84. The molecule has 33 heavy (non-hydrogen) atoms. The fraction of sp³-hybridized carbons (Fsp3) is 0.200. The summed E-state index contributed by atoms with van der Waals surface area (Å²) >= 11 is 0. The molecule has 1 aliphatic rings. The highest BCUT2D eigenvalue weighted by Crippen LogP contribution is 2.41. The quantitative estimate of drug-likeness (QED) is 0.565. The molecule has 3 aromatic rings. The third-order valence-corrected chi connectivity index (χ3v) is 5.43. The van der Waals surface area contributed by atoms with Crippen molar-refractivity contribution < 1.29 is 28.5 Å². The van der Waals surface area contributed by atoms with Crippen molar-refractivity contribution in [2.75, 3.05) is 20.8 Å². The summed E-state index contributed by atoms with van der Waals surface area (Å²) in [5, 5.41) is 6.89. The summed E-state index contributed by atoms with van der Waals surface area (Å²) in [5.74, 6) is 1.11. The number of amidine groups is 1. The van der Waals surface area contributed by atoms with E-state index in [2.05, 4.69) is 4.99 Å². The molecule has 0 fully saturated rings. The Morgan fingerprint density at radius 2 is 1.79 bits per heavy atom. The Labute approximate surface area is 191 Å². The first-order chi connectivity index (χ1) is 15.9. The van der Waals surface area contributed by atoms with Crippen molar-refractivity contribution in [3.8, 4) is 22.6 Å². The predicted molar refractivity (Wildman–Crippen MR) is 123 cm³/mol. The van der Waals surface area contributed by atoms with Gasteiger partial charge in [0.25, 0.3) is 12.5 Å². The molecule has 1 atom stereocenters. The van der Waals surface area contributed by atoms with Crippen LogP contribution in [0.15, 0.2) is 65.7 Å². The lowest BCUT2D eigenvalue weighted by molar-refractivity contribution is -0.122. The molecule has 0 radical (unpaired) electrons. The van der Waals surface area contributed by atoms with Gasteiger partial charge in [0.2, 0.25) is 0 Å². The largest absolute Gasteiger partial charge is 0.497 e. The van der Waals surface area contributed by atoms with Gasteiger partial charge in [-0.2, -0.15) is 0 Å². The number of aryl methyl sites for hydroxylation is 1. The molecular formula is C25H25FN2O5. The maximum absolute atomic E-state index is 14.8. The van der Waals surface area contributed by atoms with Crippen LogP contribution in [-0.2, 0) is 15.1 Å². The molecule has 0 amide bonds. The van der Waals surface area contributed by atoms with E-state index in [1.165, 1.54) is 6.07 Å². The second-order valence-corrected chi connectivity index (χ2v) is 7.32. The van der Waals surface area contributed by atoms with Gasteiger partial charge in [0.15, 0.2) is 5.54 Å². The van der Waals surface area contributed by atoms with E-state index in [9.17, 15) is 4.39 Å². The van der Waals surface area contributed by atoms with Gasteiger partial charge in [-0.25, -0.2) is 9.38 Å². The number of carbonyl (C=O) groups is 1. The molecule has 0 aliphatic carbocycles. The van der Waals surface area contributed by atoms with Crippen molar-refractivity contribution in [1.29, 1.82) is 0 Å². The molecule has 0 aromatic heterocycles. The van der Waals surface area contributed by atoms with Gasteiger partial charge in [0, 0.05) is 5.56 Å². The Hall–Kier alpha value is -4.07. The van der Waals surface area contributed by atoms with Crippen LogP contribution in [0, 0.1) is 12.7 Å².